The number of carbonyl (C=O) groups excluding carboxylic acids is 2. The summed E-state index contributed by atoms with van der Waals surface area (Å²) >= 11 is 0. The van der Waals surface area contributed by atoms with Crippen molar-refractivity contribution in [2.75, 3.05) is 18.4 Å². The van der Waals surface area contributed by atoms with Gasteiger partial charge in [-0.2, -0.15) is 0 Å². The van der Waals surface area contributed by atoms with E-state index in [1.54, 1.807) is 12.1 Å². The quantitative estimate of drug-likeness (QED) is 0.650. The molecular formula is C10H12N4O4. The van der Waals surface area contributed by atoms with Crippen molar-refractivity contribution < 1.29 is 19.5 Å². The molecule has 0 aliphatic carbocycles. The Balaban J connectivity index is 2.69. The van der Waals surface area contributed by atoms with Crippen molar-refractivity contribution >= 4 is 23.6 Å². The maximum absolute atomic E-state index is 11.7. The monoisotopic (exact) mass is 252 g/mol. The lowest BCUT2D eigenvalue weighted by atomic mass is 10.4. The van der Waals surface area contributed by atoms with Crippen LogP contribution < -0.4 is 11.1 Å². The summed E-state index contributed by atoms with van der Waals surface area (Å²) < 4.78 is 0. The summed E-state index contributed by atoms with van der Waals surface area (Å²) in [5, 5.41) is 11.0. The normalized spacial score (nSPS) is 9.56. The first kappa shape index (κ1) is 13.4. The molecule has 8 heteroatoms. The topological polar surface area (TPSA) is 126 Å². The molecule has 18 heavy (non-hydrogen) atoms. The van der Waals surface area contributed by atoms with E-state index < -0.39 is 31.0 Å². The van der Waals surface area contributed by atoms with Crippen LogP contribution in [-0.4, -0.2) is 46.0 Å². The molecule has 0 aliphatic rings. The first-order valence-electron chi connectivity index (χ1n) is 4.95. The Morgan fingerprint density at radius 3 is 2.61 bits per heavy atom. The van der Waals surface area contributed by atoms with Crippen molar-refractivity contribution in [3.05, 3.63) is 24.5 Å². The summed E-state index contributed by atoms with van der Waals surface area (Å²) in [6, 6.07) is 2.45. The molecule has 0 radical (unpaired) electrons. The predicted octanol–water partition coefficient (Wildman–Crippen LogP) is -0.515. The minimum atomic E-state index is -1.24. The van der Waals surface area contributed by atoms with Crippen LogP contribution >= 0.6 is 0 Å². The Morgan fingerprint density at radius 2 is 2.11 bits per heavy atom. The molecule has 1 aromatic rings. The van der Waals surface area contributed by atoms with E-state index >= 15 is 0 Å². The lowest BCUT2D eigenvalue weighted by Gasteiger charge is -2.19. The summed E-state index contributed by atoms with van der Waals surface area (Å²) in [5.41, 5.74) is 5.33. The highest BCUT2D eigenvalue weighted by molar-refractivity contribution is 5.93. The number of pyridine rings is 1. The van der Waals surface area contributed by atoms with Gasteiger partial charge in [0.25, 0.3) is 0 Å². The third-order valence-electron chi connectivity index (χ3n) is 1.87. The van der Waals surface area contributed by atoms with E-state index in [0.717, 1.165) is 4.90 Å². The number of hydrogen-bond donors (Lipinski definition) is 3. The second-order valence-electron chi connectivity index (χ2n) is 3.39. The molecule has 0 saturated carbocycles. The van der Waals surface area contributed by atoms with Crippen LogP contribution in [0.15, 0.2) is 24.5 Å². The van der Waals surface area contributed by atoms with E-state index in [0.29, 0.717) is 5.69 Å². The van der Waals surface area contributed by atoms with Gasteiger partial charge in [0.1, 0.15) is 13.1 Å². The lowest BCUT2D eigenvalue weighted by Crippen LogP contribution is -2.43. The Labute approximate surface area is 102 Å². The number of anilines is 1. The molecule has 0 spiro atoms. The molecule has 0 atom stereocenters. The fraction of sp³-hybridized carbons (Fsp3) is 0.200. The van der Waals surface area contributed by atoms with Gasteiger partial charge in [-0.3, -0.25) is 14.6 Å². The molecule has 0 unspecified atom stereocenters. The highest BCUT2D eigenvalue weighted by atomic mass is 16.4. The Bertz CT molecular complexity index is 432. The molecule has 1 aromatic heterocycles. The van der Waals surface area contributed by atoms with Gasteiger partial charge in [-0.15, -0.1) is 0 Å². The number of aliphatic carboxylic acids is 1. The standard InChI is InChI=1S/C10H12N4O4/c11-8(15)5-14(6-9(16)17)10(18)13-7-2-1-3-12-4-7/h1-4H,5-6H2,(H2,11,15)(H,13,18)(H,16,17). The van der Waals surface area contributed by atoms with Crippen LogP contribution in [0.5, 0.6) is 0 Å². The van der Waals surface area contributed by atoms with Crippen LogP contribution in [0.25, 0.3) is 0 Å². The zero-order chi connectivity index (χ0) is 13.5. The number of amides is 3. The molecule has 0 fully saturated rings. The number of carboxylic acids is 1. The molecule has 96 valence electrons. The summed E-state index contributed by atoms with van der Waals surface area (Å²) in [4.78, 5) is 37.6. The van der Waals surface area contributed by atoms with Crippen LogP contribution in [0.2, 0.25) is 0 Å². The Kier molecular flexibility index (Phi) is 4.61. The second-order valence-corrected chi connectivity index (χ2v) is 3.39. The zero-order valence-corrected chi connectivity index (χ0v) is 9.37. The number of carbonyl (C=O) groups is 3. The van der Waals surface area contributed by atoms with E-state index in [1.165, 1.54) is 12.4 Å². The number of aromatic nitrogens is 1. The van der Waals surface area contributed by atoms with Gasteiger partial charge in [-0.05, 0) is 12.1 Å². The van der Waals surface area contributed by atoms with Crippen LogP contribution in [-0.2, 0) is 9.59 Å². The smallest absolute Gasteiger partial charge is 0.323 e. The van der Waals surface area contributed by atoms with Gasteiger partial charge >= 0.3 is 12.0 Å². The first-order valence-corrected chi connectivity index (χ1v) is 4.95. The van der Waals surface area contributed by atoms with Crippen molar-refractivity contribution in [2.24, 2.45) is 5.73 Å². The predicted molar refractivity (Wildman–Crippen MR) is 61.7 cm³/mol. The number of nitrogens with zero attached hydrogens (tertiary/aromatic N) is 2. The lowest BCUT2D eigenvalue weighted by molar-refractivity contribution is -0.137. The fourth-order valence-electron chi connectivity index (χ4n) is 1.19. The fourth-order valence-corrected chi connectivity index (χ4v) is 1.19. The van der Waals surface area contributed by atoms with E-state index in [9.17, 15) is 14.4 Å². The second kappa shape index (κ2) is 6.18. The first-order chi connectivity index (χ1) is 8.49. The van der Waals surface area contributed by atoms with E-state index in [2.05, 4.69) is 10.3 Å². The van der Waals surface area contributed by atoms with Gasteiger partial charge in [-0.1, -0.05) is 0 Å². The van der Waals surface area contributed by atoms with Gasteiger partial charge in [-0.25, -0.2) is 4.79 Å². The highest BCUT2D eigenvalue weighted by Crippen LogP contribution is 2.04. The third kappa shape index (κ3) is 4.47. The number of carboxylic acid groups (broad SMARTS) is 1. The van der Waals surface area contributed by atoms with Crippen LogP contribution in [0.4, 0.5) is 10.5 Å². The molecule has 3 amide bonds. The van der Waals surface area contributed by atoms with Crippen LogP contribution in [0, 0.1) is 0 Å². The van der Waals surface area contributed by atoms with Crippen LogP contribution in [0.3, 0.4) is 0 Å². The number of nitrogens with two attached hydrogens (primary N) is 1. The van der Waals surface area contributed by atoms with Gasteiger partial charge < -0.3 is 21.1 Å². The summed E-state index contributed by atoms with van der Waals surface area (Å²) in [6.07, 6.45) is 2.91. The van der Waals surface area contributed by atoms with Gasteiger partial charge in [0.05, 0.1) is 11.9 Å². The molecule has 0 aliphatic heterocycles. The maximum atomic E-state index is 11.7. The minimum Gasteiger partial charge on any atom is -0.480 e. The maximum Gasteiger partial charge on any atom is 0.323 e. The Hall–Kier alpha value is -2.64. The molecule has 0 saturated heterocycles. The molecule has 1 heterocycles. The molecule has 0 bridgehead atoms. The van der Waals surface area contributed by atoms with E-state index in [-0.39, 0.29) is 0 Å². The molecule has 4 N–H and O–H groups in total. The molecular weight excluding hydrogens is 240 g/mol. The zero-order valence-electron chi connectivity index (χ0n) is 9.37. The molecule has 1 rings (SSSR count). The van der Waals surface area contributed by atoms with Crippen molar-refractivity contribution in [2.45, 2.75) is 0 Å². The van der Waals surface area contributed by atoms with Crippen molar-refractivity contribution in [1.29, 1.82) is 0 Å². The number of rotatable bonds is 5. The van der Waals surface area contributed by atoms with Crippen molar-refractivity contribution in [3.8, 4) is 0 Å². The summed E-state index contributed by atoms with van der Waals surface area (Å²) in [6.45, 7) is -1.09. The third-order valence-corrected chi connectivity index (χ3v) is 1.87. The number of urea groups is 1. The highest BCUT2D eigenvalue weighted by Gasteiger charge is 2.18. The van der Waals surface area contributed by atoms with Gasteiger partial charge in [0.15, 0.2) is 0 Å². The number of primary amides is 1. The van der Waals surface area contributed by atoms with Crippen LogP contribution in [0.1, 0.15) is 0 Å². The van der Waals surface area contributed by atoms with Gasteiger partial charge in [0, 0.05) is 6.20 Å². The average molecular weight is 252 g/mol. The molecule has 0 aromatic carbocycles. The summed E-state index contributed by atoms with van der Waals surface area (Å²) in [5.74, 6) is -2.03. The molecule has 8 nitrogen and oxygen atoms in total. The van der Waals surface area contributed by atoms with Crippen molar-refractivity contribution in [3.63, 3.8) is 0 Å². The Morgan fingerprint density at radius 1 is 1.39 bits per heavy atom. The largest absolute Gasteiger partial charge is 0.480 e. The minimum absolute atomic E-state index is 0.391. The van der Waals surface area contributed by atoms with Gasteiger partial charge in [0.2, 0.25) is 5.91 Å². The average Bonchev–Trinajstić information content (AvgIpc) is 2.28. The van der Waals surface area contributed by atoms with E-state index in [1.807, 2.05) is 0 Å². The van der Waals surface area contributed by atoms with E-state index in [4.69, 9.17) is 10.8 Å². The number of nitrogens with one attached hydrogen (secondary N) is 1. The SMILES string of the molecule is NC(=O)CN(CC(=O)O)C(=O)Nc1cccnc1. The van der Waals surface area contributed by atoms with Crippen molar-refractivity contribution in [1.82, 2.24) is 9.88 Å². The number of hydrogen-bond acceptors (Lipinski definition) is 4. The summed E-state index contributed by atoms with van der Waals surface area (Å²) in [7, 11) is 0.